The molecule has 0 bridgehead atoms. The van der Waals surface area contributed by atoms with E-state index >= 15 is 0 Å². The molecule has 2 aliphatic heterocycles. The lowest BCUT2D eigenvalue weighted by atomic mass is 10.3. The van der Waals surface area contributed by atoms with Crippen LogP contribution in [0.5, 0.6) is 0 Å². The van der Waals surface area contributed by atoms with Crippen LogP contribution in [0.25, 0.3) is 0 Å². The van der Waals surface area contributed by atoms with Gasteiger partial charge < -0.3 is 4.90 Å². The van der Waals surface area contributed by atoms with Crippen LogP contribution < -0.4 is 0 Å². The van der Waals surface area contributed by atoms with E-state index < -0.39 is 0 Å². The van der Waals surface area contributed by atoms with Crippen molar-refractivity contribution in [2.24, 2.45) is 20.0 Å². The Labute approximate surface area is 93.1 Å². The molecule has 0 saturated heterocycles. The standard InChI is InChI=1S/C9H13N5S/c1-14(2)3-4-15-9-7-8(11-5-10-7)12-6-13-9/h5-7H,3-4H2,1-2H3. The quantitative estimate of drug-likeness (QED) is 0.701. The Morgan fingerprint density at radius 2 is 2.20 bits per heavy atom. The summed E-state index contributed by atoms with van der Waals surface area (Å²) in [7, 11) is 4.12. The van der Waals surface area contributed by atoms with E-state index in [-0.39, 0.29) is 6.04 Å². The zero-order chi connectivity index (χ0) is 10.7. The van der Waals surface area contributed by atoms with Crippen molar-refractivity contribution in [3.05, 3.63) is 0 Å². The minimum absolute atomic E-state index is 0.0397. The Balaban J connectivity index is 1.92. The average Bonchev–Trinajstić information content (AvgIpc) is 2.65. The Hall–Kier alpha value is -1.01. The molecule has 2 heterocycles. The first kappa shape index (κ1) is 10.5. The predicted molar refractivity (Wildman–Crippen MR) is 66.7 cm³/mol. The fourth-order valence-electron chi connectivity index (χ4n) is 1.24. The maximum atomic E-state index is 4.24. The molecule has 0 spiro atoms. The second-order valence-corrected chi connectivity index (χ2v) is 4.63. The zero-order valence-electron chi connectivity index (χ0n) is 8.79. The summed E-state index contributed by atoms with van der Waals surface area (Å²) >= 11 is 1.72. The van der Waals surface area contributed by atoms with Crippen LogP contribution in [0.15, 0.2) is 20.0 Å². The monoisotopic (exact) mass is 223 g/mol. The Kier molecular flexibility index (Phi) is 3.27. The van der Waals surface area contributed by atoms with Crippen molar-refractivity contribution in [1.29, 1.82) is 0 Å². The second-order valence-electron chi connectivity index (χ2n) is 3.52. The molecular weight excluding hydrogens is 210 g/mol. The molecule has 0 aliphatic carbocycles. The Bertz CT molecular complexity index is 356. The topological polar surface area (TPSA) is 52.7 Å². The van der Waals surface area contributed by atoms with E-state index in [1.807, 2.05) is 0 Å². The number of hydrogen-bond acceptors (Lipinski definition) is 6. The van der Waals surface area contributed by atoms with E-state index in [2.05, 4.69) is 39.0 Å². The van der Waals surface area contributed by atoms with E-state index in [0.29, 0.717) is 0 Å². The average molecular weight is 223 g/mol. The molecule has 5 nitrogen and oxygen atoms in total. The van der Waals surface area contributed by atoms with Crippen LogP contribution >= 0.6 is 11.8 Å². The first-order valence-corrected chi connectivity index (χ1v) is 5.73. The molecule has 0 N–H and O–H groups in total. The Morgan fingerprint density at radius 3 is 3.00 bits per heavy atom. The summed E-state index contributed by atoms with van der Waals surface area (Å²) in [5.41, 5.74) is 0. The van der Waals surface area contributed by atoms with Gasteiger partial charge in [0, 0.05) is 12.3 Å². The van der Waals surface area contributed by atoms with Gasteiger partial charge in [-0.15, -0.1) is 11.8 Å². The van der Waals surface area contributed by atoms with E-state index in [0.717, 1.165) is 23.2 Å². The molecule has 0 amide bonds. The van der Waals surface area contributed by atoms with Crippen LogP contribution in [-0.2, 0) is 0 Å². The number of rotatable bonds is 3. The molecular formula is C9H13N5S. The lowest BCUT2D eigenvalue weighted by molar-refractivity contribution is 0.437. The maximum Gasteiger partial charge on any atom is 0.163 e. The normalized spacial score (nSPS) is 23.0. The third-order valence-electron chi connectivity index (χ3n) is 2.05. The van der Waals surface area contributed by atoms with Gasteiger partial charge in [-0.05, 0) is 14.1 Å². The Morgan fingerprint density at radius 1 is 1.33 bits per heavy atom. The van der Waals surface area contributed by atoms with Gasteiger partial charge in [0.2, 0.25) is 0 Å². The summed E-state index contributed by atoms with van der Waals surface area (Å²) in [6, 6.07) is -0.0397. The third-order valence-corrected chi connectivity index (χ3v) is 3.06. The van der Waals surface area contributed by atoms with Gasteiger partial charge in [-0.25, -0.2) is 15.0 Å². The minimum Gasteiger partial charge on any atom is -0.309 e. The molecule has 2 rings (SSSR count). The highest BCUT2D eigenvalue weighted by Gasteiger charge is 2.26. The van der Waals surface area contributed by atoms with E-state index in [9.17, 15) is 0 Å². The van der Waals surface area contributed by atoms with Gasteiger partial charge in [-0.3, -0.25) is 4.99 Å². The fourth-order valence-corrected chi connectivity index (χ4v) is 2.35. The molecule has 0 aromatic carbocycles. The smallest absolute Gasteiger partial charge is 0.163 e. The van der Waals surface area contributed by atoms with Gasteiger partial charge in [-0.1, -0.05) is 0 Å². The molecule has 6 heteroatoms. The number of aliphatic imine (C=N–C) groups is 4. The highest BCUT2D eigenvalue weighted by atomic mass is 32.2. The highest BCUT2D eigenvalue weighted by molar-refractivity contribution is 8.14. The summed E-state index contributed by atoms with van der Waals surface area (Å²) in [6.07, 6.45) is 3.12. The van der Waals surface area contributed by atoms with E-state index in [1.165, 1.54) is 0 Å². The van der Waals surface area contributed by atoms with Crippen molar-refractivity contribution in [2.75, 3.05) is 26.4 Å². The molecule has 0 fully saturated rings. The molecule has 1 atom stereocenters. The van der Waals surface area contributed by atoms with Crippen molar-refractivity contribution < 1.29 is 0 Å². The lowest BCUT2D eigenvalue weighted by Gasteiger charge is -2.14. The van der Waals surface area contributed by atoms with Gasteiger partial charge in [0.15, 0.2) is 11.9 Å². The minimum atomic E-state index is -0.0397. The fraction of sp³-hybridized carbons (Fsp3) is 0.556. The summed E-state index contributed by atoms with van der Waals surface area (Å²) < 4.78 is 0. The summed E-state index contributed by atoms with van der Waals surface area (Å²) in [4.78, 5) is 18.8. The largest absolute Gasteiger partial charge is 0.309 e. The van der Waals surface area contributed by atoms with Crippen LogP contribution in [0, 0.1) is 0 Å². The van der Waals surface area contributed by atoms with Crippen molar-refractivity contribution in [2.45, 2.75) is 6.04 Å². The highest BCUT2D eigenvalue weighted by Crippen LogP contribution is 2.17. The van der Waals surface area contributed by atoms with Crippen LogP contribution in [0.4, 0.5) is 0 Å². The summed E-state index contributed by atoms with van der Waals surface area (Å²) in [5.74, 6) is 1.77. The number of fused-ring (bicyclic) bond motifs is 1. The van der Waals surface area contributed by atoms with E-state index in [1.54, 1.807) is 24.4 Å². The van der Waals surface area contributed by atoms with Gasteiger partial charge in [0.25, 0.3) is 0 Å². The number of nitrogens with zero attached hydrogens (tertiary/aromatic N) is 5. The SMILES string of the molecule is CN(C)CCSC1=NC=NC2=NC=NC21. The third kappa shape index (κ3) is 2.51. The molecule has 0 saturated carbocycles. The number of amidine groups is 1. The first-order valence-electron chi connectivity index (χ1n) is 4.74. The second kappa shape index (κ2) is 4.67. The van der Waals surface area contributed by atoms with Crippen LogP contribution in [-0.4, -0.2) is 60.9 Å². The molecule has 2 aliphatic rings. The van der Waals surface area contributed by atoms with Gasteiger partial charge in [0.1, 0.15) is 17.7 Å². The first-order chi connectivity index (χ1) is 7.27. The van der Waals surface area contributed by atoms with E-state index in [4.69, 9.17) is 0 Å². The molecule has 15 heavy (non-hydrogen) atoms. The van der Waals surface area contributed by atoms with Crippen molar-refractivity contribution in [3.8, 4) is 0 Å². The summed E-state index contributed by atoms with van der Waals surface area (Å²) in [5, 5.41) is 0.999. The van der Waals surface area contributed by atoms with Crippen LogP contribution in [0.3, 0.4) is 0 Å². The number of thioether (sulfide) groups is 1. The number of hydrogen-bond donors (Lipinski definition) is 0. The van der Waals surface area contributed by atoms with Crippen LogP contribution in [0.2, 0.25) is 0 Å². The van der Waals surface area contributed by atoms with Gasteiger partial charge in [0.05, 0.1) is 0 Å². The van der Waals surface area contributed by atoms with Gasteiger partial charge in [-0.2, -0.15) is 0 Å². The molecule has 0 aromatic rings. The lowest BCUT2D eigenvalue weighted by Crippen LogP contribution is -2.27. The molecule has 1 unspecified atom stereocenters. The molecule has 0 radical (unpaired) electrons. The summed E-state index contributed by atoms with van der Waals surface area (Å²) in [6.45, 7) is 1.03. The maximum absolute atomic E-state index is 4.24. The molecule has 0 aromatic heterocycles. The predicted octanol–water partition coefficient (Wildman–Crippen LogP) is 0.531. The van der Waals surface area contributed by atoms with Crippen molar-refractivity contribution in [3.63, 3.8) is 0 Å². The van der Waals surface area contributed by atoms with Crippen molar-refractivity contribution >= 4 is 35.3 Å². The molecule has 80 valence electrons. The zero-order valence-corrected chi connectivity index (χ0v) is 9.61. The van der Waals surface area contributed by atoms with Gasteiger partial charge >= 0.3 is 0 Å². The van der Waals surface area contributed by atoms with Crippen LogP contribution in [0.1, 0.15) is 0 Å². The van der Waals surface area contributed by atoms with Crippen molar-refractivity contribution in [1.82, 2.24) is 4.90 Å².